The van der Waals surface area contributed by atoms with Crippen molar-refractivity contribution in [2.75, 3.05) is 7.11 Å². The van der Waals surface area contributed by atoms with E-state index in [2.05, 4.69) is 9.72 Å². The van der Waals surface area contributed by atoms with E-state index in [9.17, 15) is 26.7 Å². The van der Waals surface area contributed by atoms with Crippen LogP contribution in [0.3, 0.4) is 0 Å². The summed E-state index contributed by atoms with van der Waals surface area (Å²) in [6, 6.07) is 0.597. The van der Waals surface area contributed by atoms with Crippen LogP contribution in [0.5, 0.6) is 0 Å². The average molecular weight is 298 g/mol. The first-order chi connectivity index (χ1) is 9.20. The van der Waals surface area contributed by atoms with Gasteiger partial charge in [-0.2, -0.15) is 13.2 Å². The maximum atomic E-state index is 12.8. The summed E-state index contributed by atoms with van der Waals surface area (Å²) in [5.41, 5.74) is 1.77. The molecular weight excluding hydrogens is 287 g/mol. The Morgan fingerprint density at radius 2 is 2.05 bits per heavy atom. The van der Waals surface area contributed by atoms with E-state index in [4.69, 9.17) is 5.73 Å². The van der Waals surface area contributed by atoms with E-state index >= 15 is 0 Å². The van der Waals surface area contributed by atoms with Gasteiger partial charge in [0.1, 0.15) is 5.69 Å². The van der Waals surface area contributed by atoms with Crippen LogP contribution in [0.1, 0.15) is 28.9 Å². The van der Waals surface area contributed by atoms with Crippen LogP contribution in [0.25, 0.3) is 0 Å². The first-order valence-corrected chi connectivity index (χ1v) is 5.35. The lowest BCUT2D eigenvalue weighted by Gasteiger charge is -2.15. The summed E-state index contributed by atoms with van der Waals surface area (Å²) in [5.74, 6) is -0.988. The zero-order valence-corrected chi connectivity index (χ0v) is 10.3. The zero-order valence-electron chi connectivity index (χ0n) is 10.3. The molecule has 0 radical (unpaired) electrons. The van der Waals surface area contributed by atoms with Gasteiger partial charge in [0.2, 0.25) is 0 Å². The Kier molecular flexibility index (Phi) is 4.98. The number of carbonyl (C=O) groups is 1. The molecule has 0 amide bonds. The average Bonchev–Trinajstić information content (AvgIpc) is 2.36. The Bertz CT molecular complexity index is 502. The Hall–Kier alpha value is -1.77. The topological polar surface area (TPSA) is 65.2 Å². The van der Waals surface area contributed by atoms with Gasteiger partial charge < -0.3 is 10.5 Å². The Morgan fingerprint density at radius 1 is 1.45 bits per heavy atom. The quantitative estimate of drug-likeness (QED) is 0.683. The van der Waals surface area contributed by atoms with Crippen molar-refractivity contribution < 1.29 is 31.5 Å². The highest BCUT2D eigenvalue weighted by molar-refractivity contribution is 5.73. The first kappa shape index (κ1) is 16.3. The molecule has 0 saturated carbocycles. The number of rotatable bonds is 4. The number of hydrogen-bond acceptors (Lipinski definition) is 4. The molecule has 9 heteroatoms. The number of nitrogens with two attached hydrogens (primary N) is 1. The fraction of sp³-hybridized carbons (Fsp3) is 0.455. The summed E-state index contributed by atoms with van der Waals surface area (Å²) >= 11 is 0. The van der Waals surface area contributed by atoms with Crippen molar-refractivity contribution in [2.45, 2.75) is 25.6 Å². The molecule has 0 unspecified atom stereocenters. The van der Waals surface area contributed by atoms with Crippen molar-refractivity contribution in [3.63, 3.8) is 0 Å². The number of hydrogen-bond donors (Lipinski definition) is 1. The Balaban J connectivity index is 3.44. The van der Waals surface area contributed by atoms with Gasteiger partial charge >= 0.3 is 12.1 Å². The lowest BCUT2D eigenvalue weighted by Crippen LogP contribution is -2.19. The summed E-state index contributed by atoms with van der Waals surface area (Å²) in [4.78, 5) is 14.2. The van der Waals surface area contributed by atoms with E-state index < -0.39 is 54.1 Å². The van der Waals surface area contributed by atoms with Gasteiger partial charge in [-0.15, -0.1) is 0 Å². The Morgan fingerprint density at radius 3 is 2.45 bits per heavy atom. The van der Waals surface area contributed by atoms with E-state index in [-0.39, 0.29) is 0 Å². The first-order valence-electron chi connectivity index (χ1n) is 5.35. The van der Waals surface area contributed by atoms with Crippen LogP contribution in [0.4, 0.5) is 22.0 Å². The van der Waals surface area contributed by atoms with Crippen LogP contribution >= 0.6 is 0 Å². The van der Waals surface area contributed by atoms with Gasteiger partial charge in [0.15, 0.2) is 0 Å². The van der Waals surface area contributed by atoms with Crippen LogP contribution in [0.2, 0.25) is 0 Å². The van der Waals surface area contributed by atoms with Gasteiger partial charge in [-0.05, 0) is 11.6 Å². The minimum atomic E-state index is -4.88. The number of carbonyl (C=O) groups excluding carboxylic acids is 1. The second kappa shape index (κ2) is 6.12. The van der Waals surface area contributed by atoms with Crippen LogP contribution in [-0.2, 0) is 28.7 Å². The summed E-state index contributed by atoms with van der Waals surface area (Å²) in [6.07, 6.45) is -8.73. The third-order valence-electron chi connectivity index (χ3n) is 2.47. The summed E-state index contributed by atoms with van der Waals surface area (Å²) in [5, 5.41) is 0. The zero-order chi connectivity index (χ0) is 15.5. The summed E-state index contributed by atoms with van der Waals surface area (Å²) in [6.45, 7) is -0.568. The molecule has 1 rings (SSSR count). The van der Waals surface area contributed by atoms with Crippen molar-refractivity contribution in [1.29, 1.82) is 0 Å². The third kappa shape index (κ3) is 3.62. The molecule has 4 nitrogen and oxygen atoms in total. The van der Waals surface area contributed by atoms with Gasteiger partial charge in [-0.25, -0.2) is 13.8 Å². The largest absolute Gasteiger partial charge is 0.469 e. The lowest BCUT2D eigenvalue weighted by atomic mass is 10.0. The maximum Gasteiger partial charge on any atom is 0.433 e. The van der Waals surface area contributed by atoms with Crippen LogP contribution in [0, 0.1) is 0 Å². The molecule has 1 aromatic heterocycles. The fourth-order valence-electron chi connectivity index (χ4n) is 1.57. The van der Waals surface area contributed by atoms with Crippen molar-refractivity contribution in [3.8, 4) is 0 Å². The standard InChI is InChI=1S/C11H11F5N2O2/c1-20-8(19)3-5-2-6(10(12)13)7(4-17)18-9(5)11(14,15)16/h2,10H,3-4,17H2,1H3. The molecule has 112 valence electrons. The molecule has 0 aliphatic carbocycles. The van der Waals surface area contributed by atoms with Crippen LogP contribution in [-0.4, -0.2) is 18.1 Å². The van der Waals surface area contributed by atoms with Gasteiger partial charge in [-0.1, -0.05) is 0 Å². The molecule has 0 spiro atoms. The highest BCUT2D eigenvalue weighted by Gasteiger charge is 2.37. The molecule has 20 heavy (non-hydrogen) atoms. The second-order valence-electron chi connectivity index (χ2n) is 3.79. The number of alkyl halides is 5. The smallest absolute Gasteiger partial charge is 0.433 e. The second-order valence-corrected chi connectivity index (χ2v) is 3.79. The Labute approximate surface area is 110 Å². The molecule has 1 aromatic rings. The number of halogens is 5. The van der Waals surface area contributed by atoms with Crippen LogP contribution in [0.15, 0.2) is 6.07 Å². The van der Waals surface area contributed by atoms with E-state index in [0.717, 1.165) is 7.11 Å². The van der Waals surface area contributed by atoms with E-state index in [1.165, 1.54) is 0 Å². The normalized spacial score (nSPS) is 11.8. The molecule has 0 fully saturated rings. The van der Waals surface area contributed by atoms with E-state index in [0.29, 0.717) is 6.07 Å². The number of pyridine rings is 1. The van der Waals surface area contributed by atoms with E-state index in [1.54, 1.807) is 0 Å². The van der Waals surface area contributed by atoms with E-state index in [1.807, 2.05) is 0 Å². The monoisotopic (exact) mass is 298 g/mol. The highest BCUT2D eigenvalue weighted by atomic mass is 19.4. The molecule has 0 atom stereocenters. The highest BCUT2D eigenvalue weighted by Crippen LogP contribution is 2.34. The number of methoxy groups -OCH3 is 1. The lowest BCUT2D eigenvalue weighted by molar-refractivity contribution is -0.143. The molecule has 1 heterocycles. The van der Waals surface area contributed by atoms with Gasteiger partial charge in [-0.3, -0.25) is 4.79 Å². The van der Waals surface area contributed by atoms with Crippen LogP contribution < -0.4 is 5.73 Å². The molecule has 0 aromatic carbocycles. The summed E-state index contributed by atoms with van der Waals surface area (Å²) < 4.78 is 68.2. The summed E-state index contributed by atoms with van der Waals surface area (Å²) in [7, 11) is 0.977. The maximum absolute atomic E-state index is 12.8. The fourth-order valence-corrected chi connectivity index (χ4v) is 1.57. The van der Waals surface area contributed by atoms with Crippen molar-refractivity contribution in [3.05, 3.63) is 28.6 Å². The SMILES string of the molecule is COC(=O)Cc1cc(C(F)F)c(CN)nc1C(F)(F)F. The molecular formula is C11H11F5N2O2. The minimum Gasteiger partial charge on any atom is -0.469 e. The molecule has 0 bridgehead atoms. The van der Waals surface area contributed by atoms with Gasteiger partial charge in [0.25, 0.3) is 6.43 Å². The van der Waals surface area contributed by atoms with Crippen molar-refractivity contribution in [1.82, 2.24) is 4.98 Å². The molecule has 0 saturated heterocycles. The predicted molar refractivity (Wildman–Crippen MR) is 57.8 cm³/mol. The van der Waals surface area contributed by atoms with Crippen molar-refractivity contribution in [2.24, 2.45) is 5.73 Å². The minimum absolute atomic E-state index is 0.555. The number of esters is 1. The third-order valence-corrected chi connectivity index (χ3v) is 2.47. The van der Waals surface area contributed by atoms with Gasteiger partial charge in [0, 0.05) is 12.1 Å². The number of aromatic nitrogens is 1. The number of ether oxygens (including phenoxy) is 1. The molecule has 0 aliphatic rings. The van der Waals surface area contributed by atoms with Crippen molar-refractivity contribution >= 4 is 5.97 Å². The predicted octanol–water partition coefficient (Wildman–Crippen LogP) is 2.21. The van der Waals surface area contributed by atoms with Gasteiger partial charge in [0.05, 0.1) is 19.2 Å². The molecule has 0 aliphatic heterocycles. The molecule has 2 N–H and O–H groups in total. The number of nitrogens with zero attached hydrogens (tertiary/aromatic N) is 1.